The van der Waals surface area contributed by atoms with Gasteiger partial charge in [0.15, 0.2) is 0 Å². The van der Waals surface area contributed by atoms with Crippen molar-refractivity contribution >= 4 is 11.6 Å². The monoisotopic (exact) mass is 296 g/mol. The second kappa shape index (κ2) is 7.25. The van der Waals surface area contributed by atoms with Gasteiger partial charge in [-0.1, -0.05) is 43.2 Å². The van der Waals surface area contributed by atoms with Crippen molar-refractivity contribution in [2.24, 2.45) is 0 Å². The fourth-order valence-electron chi connectivity index (χ4n) is 2.99. The molecule has 0 amide bonds. The molecule has 116 valence electrons. The minimum Gasteiger partial charge on any atom is -0.370 e. The van der Waals surface area contributed by atoms with E-state index in [-0.39, 0.29) is 0 Å². The van der Waals surface area contributed by atoms with Crippen molar-refractivity contribution in [3.05, 3.63) is 47.8 Å². The lowest BCUT2D eigenvalue weighted by atomic mass is 10.1. The van der Waals surface area contributed by atoms with Crippen molar-refractivity contribution in [3.8, 4) is 0 Å². The molecule has 1 aromatic carbocycles. The third kappa shape index (κ3) is 4.20. The van der Waals surface area contributed by atoms with Gasteiger partial charge >= 0.3 is 0 Å². The zero-order valence-electron chi connectivity index (χ0n) is 13.2. The zero-order valence-corrected chi connectivity index (χ0v) is 13.2. The Morgan fingerprint density at radius 3 is 2.55 bits per heavy atom. The van der Waals surface area contributed by atoms with Gasteiger partial charge < -0.3 is 10.6 Å². The van der Waals surface area contributed by atoms with E-state index in [0.29, 0.717) is 6.04 Å². The van der Waals surface area contributed by atoms with Crippen LogP contribution in [0.4, 0.5) is 11.6 Å². The first-order chi connectivity index (χ1) is 10.8. The molecule has 3 rings (SSSR count). The van der Waals surface area contributed by atoms with E-state index < -0.39 is 0 Å². The highest BCUT2D eigenvalue weighted by molar-refractivity contribution is 5.48. The minimum absolute atomic E-state index is 0.575. The molecule has 22 heavy (non-hydrogen) atoms. The quantitative estimate of drug-likeness (QED) is 0.851. The molecule has 4 heteroatoms. The number of aryl methyl sites for hydroxylation is 1. The summed E-state index contributed by atoms with van der Waals surface area (Å²) in [6.45, 7) is 2.82. The summed E-state index contributed by atoms with van der Waals surface area (Å²) in [6.07, 6.45) is 6.14. The number of nitrogens with one attached hydrogen (secondary N) is 2. The Balaban J connectivity index is 1.57. The summed E-state index contributed by atoms with van der Waals surface area (Å²) in [5.74, 6) is 2.66. The smallest absolute Gasteiger partial charge is 0.132 e. The van der Waals surface area contributed by atoms with Gasteiger partial charge in [0.25, 0.3) is 0 Å². The highest BCUT2D eigenvalue weighted by Gasteiger charge is 2.15. The maximum absolute atomic E-state index is 4.50. The second-order valence-corrected chi connectivity index (χ2v) is 5.97. The predicted octanol–water partition coefficient (Wildman–Crippen LogP) is 3.79. The standard InChI is InChI=1S/C18H24N4/c1-14-20-17(19-12-11-15-7-3-2-4-8-15)13-18(21-14)22-16-9-5-6-10-16/h2-4,7-8,13,16H,5-6,9-12H2,1H3,(H2,19,20,21,22). The van der Waals surface area contributed by atoms with Crippen molar-refractivity contribution in [2.45, 2.75) is 45.1 Å². The van der Waals surface area contributed by atoms with Crippen molar-refractivity contribution < 1.29 is 0 Å². The highest BCUT2D eigenvalue weighted by atomic mass is 15.1. The van der Waals surface area contributed by atoms with Gasteiger partial charge in [0.05, 0.1) is 0 Å². The van der Waals surface area contributed by atoms with E-state index in [4.69, 9.17) is 0 Å². The molecule has 0 bridgehead atoms. The summed E-state index contributed by atoms with van der Waals surface area (Å²) in [6, 6.07) is 13.1. The largest absolute Gasteiger partial charge is 0.370 e. The summed E-state index contributed by atoms with van der Waals surface area (Å²) >= 11 is 0. The SMILES string of the molecule is Cc1nc(NCCc2ccccc2)cc(NC2CCCC2)n1. The van der Waals surface area contributed by atoms with Crippen LogP contribution in [0.25, 0.3) is 0 Å². The molecular weight excluding hydrogens is 272 g/mol. The van der Waals surface area contributed by atoms with Crippen molar-refractivity contribution in [3.63, 3.8) is 0 Å². The third-order valence-electron chi connectivity index (χ3n) is 4.11. The summed E-state index contributed by atoms with van der Waals surface area (Å²) < 4.78 is 0. The Morgan fingerprint density at radius 2 is 1.77 bits per heavy atom. The normalized spacial score (nSPS) is 15.0. The van der Waals surface area contributed by atoms with E-state index in [9.17, 15) is 0 Å². The Kier molecular flexibility index (Phi) is 4.88. The van der Waals surface area contributed by atoms with Crippen LogP contribution in [-0.4, -0.2) is 22.6 Å². The van der Waals surface area contributed by atoms with Crippen LogP contribution >= 0.6 is 0 Å². The highest BCUT2D eigenvalue weighted by Crippen LogP contribution is 2.22. The maximum atomic E-state index is 4.50. The van der Waals surface area contributed by atoms with Crippen LogP contribution in [0.3, 0.4) is 0 Å². The molecule has 4 nitrogen and oxygen atoms in total. The number of benzene rings is 1. The Morgan fingerprint density at radius 1 is 1.05 bits per heavy atom. The lowest BCUT2D eigenvalue weighted by molar-refractivity contribution is 0.748. The molecule has 0 aliphatic heterocycles. The first-order valence-corrected chi connectivity index (χ1v) is 8.19. The minimum atomic E-state index is 0.575. The average molecular weight is 296 g/mol. The van der Waals surface area contributed by atoms with Crippen molar-refractivity contribution in [1.82, 2.24) is 9.97 Å². The summed E-state index contributed by atoms with van der Waals surface area (Å²) in [7, 11) is 0. The topological polar surface area (TPSA) is 49.8 Å². The number of hydrogen-bond donors (Lipinski definition) is 2. The summed E-state index contributed by atoms with van der Waals surface area (Å²) in [4.78, 5) is 8.98. The Hall–Kier alpha value is -2.10. The molecule has 0 radical (unpaired) electrons. The van der Waals surface area contributed by atoms with Gasteiger partial charge in [-0.2, -0.15) is 0 Å². The van der Waals surface area contributed by atoms with Gasteiger partial charge in [-0.3, -0.25) is 0 Å². The van der Waals surface area contributed by atoms with E-state index in [1.165, 1.54) is 31.2 Å². The lowest BCUT2D eigenvalue weighted by Crippen LogP contribution is -2.16. The molecular formula is C18H24N4. The average Bonchev–Trinajstić information content (AvgIpc) is 3.01. The van der Waals surface area contributed by atoms with Gasteiger partial charge in [0.1, 0.15) is 17.5 Å². The molecule has 1 aromatic heterocycles. The van der Waals surface area contributed by atoms with Crippen LogP contribution in [0.1, 0.15) is 37.1 Å². The van der Waals surface area contributed by atoms with Crippen LogP contribution in [0.2, 0.25) is 0 Å². The van der Waals surface area contributed by atoms with Gasteiger partial charge in [0, 0.05) is 18.7 Å². The number of nitrogens with zero attached hydrogens (tertiary/aromatic N) is 2. The van der Waals surface area contributed by atoms with Gasteiger partial charge in [-0.25, -0.2) is 9.97 Å². The van der Waals surface area contributed by atoms with Crippen LogP contribution in [0.5, 0.6) is 0 Å². The van der Waals surface area contributed by atoms with Crippen molar-refractivity contribution in [1.29, 1.82) is 0 Å². The molecule has 2 aromatic rings. The molecule has 1 aliphatic carbocycles. The molecule has 0 atom stereocenters. The number of anilines is 2. The summed E-state index contributed by atoms with van der Waals surface area (Å²) in [5.41, 5.74) is 1.34. The Bertz CT molecular complexity index is 591. The lowest BCUT2D eigenvalue weighted by Gasteiger charge is -2.14. The van der Waals surface area contributed by atoms with E-state index >= 15 is 0 Å². The number of hydrogen-bond acceptors (Lipinski definition) is 4. The molecule has 0 unspecified atom stereocenters. The Labute approximate surface area is 132 Å². The zero-order chi connectivity index (χ0) is 15.2. The van der Waals surface area contributed by atoms with E-state index in [1.807, 2.05) is 19.1 Å². The number of rotatable bonds is 6. The molecule has 1 fully saturated rings. The molecule has 1 saturated carbocycles. The molecule has 0 saturated heterocycles. The van der Waals surface area contributed by atoms with E-state index in [2.05, 4.69) is 44.9 Å². The van der Waals surface area contributed by atoms with Crippen LogP contribution in [0.15, 0.2) is 36.4 Å². The van der Waals surface area contributed by atoms with Crippen LogP contribution < -0.4 is 10.6 Å². The summed E-state index contributed by atoms with van der Waals surface area (Å²) in [5, 5.41) is 6.95. The fourth-order valence-corrected chi connectivity index (χ4v) is 2.99. The van der Waals surface area contributed by atoms with E-state index in [1.54, 1.807) is 0 Å². The predicted molar refractivity (Wildman–Crippen MR) is 91.3 cm³/mol. The molecule has 0 spiro atoms. The van der Waals surface area contributed by atoms with Gasteiger partial charge in [-0.15, -0.1) is 0 Å². The van der Waals surface area contributed by atoms with Crippen LogP contribution in [-0.2, 0) is 6.42 Å². The first-order valence-electron chi connectivity index (χ1n) is 8.19. The van der Waals surface area contributed by atoms with Gasteiger partial charge in [0.2, 0.25) is 0 Å². The maximum Gasteiger partial charge on any atom is 0.132 e. The molecule has 2 N–H and O–H groups in total. The second-order valence-electron chi connectivity index (χ2n) is 5.97. The molecule has 1 heterocycles. The fraction of sp³-hybridized carbons (Fsp3) is 0.444. The number of aromatic nitrogens is 2. The van der Waals surface area contributed by atoms with Gasteiger partial charge in [-0.05, 0) is 31.7 Å². The molecule has 1 aliphatic rings. The van der Waals surface area contributed by atoms with E-state index in [0.717, 1.165) is 30.4 Å². The first kappa shape index (κ1) is 14.8. The van der Waals surface area contributed by atoms with Crippen LogP contribution in [0, 0.1) is 6.92 Å². The third-order valence-corrected chi connectivity index (χ3v) is 4.11. The van der Waals surface area contributed by atoms with Crippen molar-refractivity contribution in [2.75, 3.05) is 17.2 Å².